The molecular formula is C15H19FO4. The number of hydrogen-bond acceptors (Lipinski definition) is 3. The summed E-state index contributed by atoms with van der Waals surface area (Å²) in [6, 6.07) is 4.75. The summed E-state index contributed by atoms with van der Waals surface area (Å²) in [4.78, 5) is 10.8. The van der Waals surface area contributed by atoms with Gasteiger partial charge in [0, 0.05) is 0 Å². The number of benzene rings is 1. The average Bonchev–Trinajstić information content (AvgIpc) is 2.45. The highest BCUT2D eigenvalue weighted by Crippen LogP contribution is 2.27. The Bertz CT molecular complexity index is 467. The van der Waals surface area contributed by atoms with E-state index in [1.807, 2.05) is 0 Å². The van der Waals surface area contributed by atoms with E-state index in [0.29, 0.717) is 19.4 Å². The predicted molar refractivity (Wildman–Crippen MR) is 71.1 cm³/mol. The van der Waals surface area contributed by atoms with Crippen molar-refractivity contribution < 1.29 is 23.8 Å². The first-order chi connectivity index (χ1) is 9.60. The minimum atomic E-state index is -0.722. The fraction of sp³-hybridized carbons (Fsp3) is 0.533. The standard InChI is InChI=1S/C15H19FO4/c1-19-14-7-2-10(8-13(14)16)9-20-12-5-3-11(4-6-12)15(17)18/h2,7-8,11-12H,3-6,9H2,1H3,(H,17,18). The molecule has 1 aliphatic rings. The molecule has 0 bridgehead atoms. The number of ether oxygens (including phenoxy) is 2. The second-order valence-corrected chi connectivity index (χ2v) is 5.09. The van der Waals surface area contributed by atoms with E-state index >= 15 is 0 Å². The minimum Gasteiger partial charge on any atom is -0.494 e. The van der Waals surface area contributed by atoms with Crippen LogP contribution in [-0.2, 0) is 16.1 Å². The van der Waals surface area contributed by atoms with Crippen LogP contribution in [-0.4, -0.2) is 24.3 Å². The van der Waals surface area contributed by atoms with Crippen LogP contribution in [0, 0.1) is 11.7 Å². The van der Waals surface area contributed by atoms with Gasteiger partial charge in [-0.2, -0.15) is 0 Å². The number of methoxy groups -OCH3 is 1. The van der Waals surface area contributed by atoms with Gasteiger partial charge in [-0.05, 0) is 43.4 Å². The van der Waals surface area contributed by atoms with E-state index in [2.05, 4.69) is 0 Å². The number of rotatable bonds is 5. The second-order valence-electron chi connectivity index (χ2n) is 5.09. The van der Waals surface area contributed by atoms with Gasteiger partial charge in [0.1, 0.15) is 0 Å². The largest absolute Gasteiger partial charge is 0.494 e. The average molecular weight is 282 g/mol. The molecule has 1 aromatic rings. The van der Waals surface area contributed by atoms with Gasteiger partial charge in [-0.1, -0.05) is 6.07 Å². The molecule has 0 amide bonds. The Labute approximate surface area is 117 Å². The Morgan fingerprint density at radius 2 is 2.05 bits per heavy atom. The van der Waals surface area contributed by atoms with E-state index in [1.54, 1.807) is 12.1 Å². The van der Waals surface area contributed by atoms with Crippen molar-refractivity contribution in [2.45, 2.75) is 38.4 Å². The van der Waals surface area contributed by atoms with Crippen LogP contribution in [0.3, 0.4) is 0 Å². The molecule has 0 unspecified atom stereocenters. The molecule has 0 saturated heterocycles. The first kappa shape index (κ1) is 14.8. The maximum atomic E-state index is 13.5. The van der Waals surface area contributed by atoms with Crippen molar-refractivity contribution in [3.63, 3.8) is 0 Å². The first-order valence-corrected chi connectivity index (χ1v) is 6.77. The van der Waals surface area contributed by atoms with Crippen molar-refractivity contribution in [1.29, 1.82) is 0 Å². The first-order valence-electron chi connectivity index (χ1n) is 6.77. The van der Waals surface area contributed by atoms with Gasteiger partial charge in [0.15, 0.2) is 11.6 Å². The van der Waals surface area contributed by atoms with Gasteiger partial charge < -0.3 is 14.6 Å². The maximum Gasteiger partial charge on any atom is 0.306 e. The lowest BCUT2D eigenvalue weighted by Crippen LogP contribution is -2.25. The Morgan fingerprint density at radius 1 is 1.35 bits per heavy atom. The van der Waals surface area contributed by atoms with Gasteiger partial charge >= 0.3 is 5.97 Å². The summed E-state index contributed by atoms with van der Waals surface area (Å²) < 4.78 is 24.1. The predicted octanol–water partition coefficient (Wildman–Crippen LogP) is 2.99. The van der Waals surface area contributed by atoms with Crippen molar-refractivity contribution in [3.8, 4) is 5.75 Å². The molecule has 1 saturated carbocycles. The zero-order valence-electron chi connectivity index (χ0n) is 11.5. The SMILES string of the molecule is COc1ccc(COC2CCC(C(=O)O)CC2)cc1F. The molecule has 0 atom stereocenters. The second kappa shape index (κ2) is 6.70. The molecule has 2 rings (SSSR count). The normalized spacial score (nSPS) is 22.5. The summed E-state index contributed by atoms with van der Waals surface area (Å²) in [6.45, 7) is 0.337. The monoisotopic (exact) mass is 282 g/mol. The van der Waals surface area contributed by atoms with Crippen LogP contribution in [0.4, 0.5) is 4.39 Å². The van der Waals surface area contributed by atoms with Crippen LogP contribution in [0.5, 0.6) is 5.75 Å². The van der Waals surface area contributed by atoms with Crippen LogP contribution >= 0.6 is 0 Å². The summed E-state index contributed by atoms with van der Waals surface area (Å²) >= 11 is 0. The molecule has 1 aliphatic carbocycles. The number of carboxylic acids is 1. The molecule has 1 fully saturated rings. The molecule has 0 spiro atoms. The quantitative estimate of drug-likeness (QED) is 0.902. The number of aliphatic carboxylic acids is 1. The minimum absolute atomic E-state index is 0.0655. The van der Waals surface area contributed by atoms with E-state index in [4.69, 9.17) is 14.6 Å². The Balaban J connectivity index is 1.81. The van der Waals surface area contributed by atoms with Crippen molar-refractivity contribution in [1.82, 2.24) is 0 Å². The lowest BCUT2D eigenvalue weighted by Gasteiger charge is -2.26. The summed E-state index contributed by atoms with van der Waals surface area (Å²) in [5.74, 6) is -1.15. The molecule has 20 heavy (non-hydrogen) atoms. The number of carbonyl (C=O) groups is 1. The third-order valence-corrected chi connectivity index (χ3v) is 3.73. The van der Waals surface area contributed by atoms with Gasteiger partial charge in [-0.15, -0.1) is 0 Å². The summed E-state index contributed by atoms with van der Waals surface area (Å²) in [7, 11) is 1.43. The third kappa shape index (κ3) is 3.70. The van der Waals surface area contributed by atoms with Gasteiger partial charge in [0.2, 0.25) is 0 Å². The van der Waals surface area contributed by atoms with Crippen molar-refractivity contribution in [3.05, 3.63) is 29.6 Å². The highest BCUT2D eigenvalue weighted by molar-refractivity contribution is 5.70. The molecule has 5 heteroatoms. The Kier molecular flexibility index (Phi) is 4.95. The summed E-state index contributed by atoms with van der Waals surface area (Å²) in [5, 5.41) is 8.92. The fourth-order valence-electron chi connectivity index (χ4n) is 2.49. The van der Waals surface area contributed by atoms with Crippen molar-refractivity contribution in [2.75, 3.05) is 7.11 Å². The maximum absolute atomic E-state index is 13.5. The van der Waals surface area contributed by atoms with Gasteiger partial charge in [0.05, 0.1) is 25.7 Å². The van der Waals surface area contributed by atoms with Gasteiger partial charge in [-0.25, -0.2) is 4.39 Å². The number of carboxylic acid groups (broad SMARTS) is 1. The third-order valence-electron chi connectivity index (χ3n) is 3.73. The van der Waals surface area contributed by atoms with E-state index in [1.165, 1.54) is 13.2 Å². The zero-order chi connectivity index (χ0) is 14.5. The fourth-order valence-corrected chi connectivity index (χ4v) is 2.49. The molecule has 110 valence electrons. The molecule has 0 heterocycles. The lowest BCUT2D eigenvalue weighted by molar-refractivity contribution is -0.143. The van der Waals surface area contributed by atoms with E-state index in [9.17, 15) is 9.18 Å². The smallest absolute Gasteiger partial charge is 0.306 e. The van der Waals surface area contributed by atoms with Crippen LogP contribution in [0.25, 0.3) is 0 Å². The molecule has 4 nitrogen and oxygen atoms in total. The van der Waals surface area contributed by atoms with Crippen LogP contribution in [0.15, 0.2) is 18.2 Å². The highest BCUT2D eigenvalue weighted by atomic mass is 19.1. The zero-order valence-corrected chi connectivity index (χ0v) is 11.5. The summed E-state index contributed by atoms with van der Waals surface area (Å²) in [6.07, 6.45) is 2.86. The van der Waals surface area contributed by atoms with E-state index in [0.717, 1.165) is 18.4 Å². The van der Waals surface area contributed by atoms with Crippen molar-refractivity contribution in [2.24, 2.45) is 5.92 Å². The van der Waals surface area contributed by atoms with Gasteiger partial charge in [-0.3, -0.25) is 4.79 Å². The van der Waals surface area contributed by atoms with Crippen LogP contribution in [0.2, 0.25) is 0 Å². The Hall–Kier alpha value is -1.62. The van der Waals surface area contributed by atoms with E-state index in [-0.39, 0.29) is 17.8 Å². The Morgan fingerprint density at radius 3 is 2.60 bits per heavy atom. The lowest BCUT2D eigenvalue weighted by atomic mass is 9.87. The van der Waals surface area contributed by atoms with Crippen molar-refractivity contribution >= 4 is 5.97 Å². The molecule has 0 aromatic heterocycles. The molecule has 0 radical (unpaired) electrons. The molecular weight excluding hydrogens is 263 g/mol. The number of hydrogen-bond donors (Lipinski definition) is 1. The van der Waals surface area contributed by atoms with Crippen LogP contribution in [0.1, 0.15) is 31.2 Å². The van der Waals surface area contributed by atoms with Crippen LogP contribution < -0.4 is 4.74 Å². The highest BCUT2D eigenvalue weighted by Gasteiger charge is 2.26. The topological polar surface area (TPSA) is 55.8 Å². The summed E-state index contributed by atoms with van der Waals surface area (Å²) in [5.41, 5.74) is 0.753. The van der Waals surface area contributed by atoms with E-state index < -0.39 is 11.8 Å². The molecule has 1 aromatic carbocycles. The van der Waals surface area contributed by atoms with Gasteiger partial charge in [0.25, 0.3) is 0 Å². The number of halogens is 1. The molecule has 1 N–H and O–H groups in total. The molecule has 0 aliphatic heterocycles.